The molecule has 4 nitrogen and oxygen atoms in total. The number of fused-ring (bicyclic) bond motifs is 4. The van der Waals surface area contributed by atoms with E-state index in [-0.39, 0.29) is 25.5 Å². The van der Waals surface area contributed by atoms with Gasteiger partial charge in [-0.1, -0.05) is 146 Å². The minimum atomic E-state index is -2.15. The van der Waals surface area contributed by atoms with E-state index in [1.165, 1.54) is 9.96 Å². The Morgan fingerprint density at radius 1 is 0.618 bits per heavy atom. The third-order valence-corrected chi connectivity index (χ3v) is 16.7. The molecule has 337 valence electrons. The Morgan fingerprint density at radius 3 is 1.90 bits per heavy atom. The third kappa shape index (κ3) is 9.31. The zero-order valence-corrected chi connectivity index (χ0v) is 43.6. The number of pyridine rings is 1. The molecule has 6 heteroatoms. The molecule has 3 aromatic heterocycles. The number of aromatic nitrogens is 3. The summed E-state index contributed by atoms with van der Waals surface area (Å²) >= 11 is -1.72. The van der Waals surface area contributed by atoms with E-state index in [0.717, 1.165) is 89.1 Å². The molecule has 1 radical (unpaired) electrons. The van der Waals surface area contributed by atoms with Gasteiger partial charge in [0, 0.05) is 40.7 Å². The normalized spacial score (nSPS) is 12.5. The summed E-state index contributed by atoms with van der Waals surface area (Å²) in [6.45, 7) is 4.64. The van der Waals surface area contributed by atoms with E-state index in [1.54, 1.807) is 12.1 Å². The number of aryl methyl sites for hydroxylation is 1. The molecule has 0 saturated heterocycles. The molecular formula is C62H53GeIrN3O-2. The minimum absolute atomic E-state index is 0. The Kier molecular flexibility index (Phi) is 12.0. The van der Waals surface area contributed by atoms with Crippen molar-refractivity contribution in [2.45, 2.75) is 50.3 Å². The summed E-state index contributed by atoms with van der Waals surface area (Å²) in [5, 5.41) is 1.95. The Labute approximate surface area is 420 Å². The van der Waals surface area contributed by atoms with Crippen molar-refractivity contribution in [2.75, 3.05) is 0 Å². The SMILES string of the molecule is [2H]C([2H])([2H])c1ccc(-c2ccc3c(c2)oc2c(-c4nc5ccccc5n4-c4c(-c5ccccc5)cc(C(C)(C)C)cc4-c4ccccc4)[c-]ccc23)cc1.[CH3][Ge]([CH3])([CH3])[c]1ccc(-c2[c-]cccc2)nc1.[Ir]. The number of para-hydroxylation sites is 2. The van der Waals surface area contributed by atoms with Crippen molar-refractivity contribution in [2.24, 2.45) is 0 Å². The van der Waals surface area contributed by atoms with Crippen LogP contribution in [0.25, 0.3) is 94.7 Å². The average molecular weight is 1120 g/mol. The Morgan fingerprint density at radius 2 is 1.28 bits per heavy atom. The molecule has 0 unspecified atom stereocenters. The predicted molar refractivity (Wildman–Crippen MR) is 284 cm³/mol. The molecule has 0 spiro atoms. The first-order chi connectivity index (χ1) is 33.6. The summed E-state index contributed by atoms with van der Waals surface area (Å²) < 4.78 is 33.8. The molecule has 0 atom stereocenters. The quantitative estimate of drug-likeness (QED) is 0.118. The summed E-state index contributed by atoms with van der Waals surface area (Å²) in [5.41, 5.74) is 14.9. The monoisotopic (exact) mass is 1130 g/mol. The maximum Gasteiger partial charge on any atom is 0 e. The maximum absolute atomic E-state index is 7.77. The van der Waals surface area contributed by atoms with Gasteiger partial charge in [0.05, 0.1) is 28.1 Å². The first kappa shape index (κ1) is 42.7. The number of hydrogen-bond donors (Lipinski definition) is 0. The second-order valence-corrected chi connectivity index (χ2v) is 29.8. The van der Waals surface area contributed by atoms with Crippen LogP contribution in [0.2, 0.25) is 17.3 Å². The van der Waals surface area contributed by atoms with E-state index < -0.39 is 20.1 Å². The van der Waals surface area contributed by atoms with Gasteiger partial charge in [-0.25, -0.2) is 0 Å². The van der Waals surface area contributed by atoms with Gasteiger partial charge >= 0.3 is 99.8 Å². The molecule has 0 fully saturated rings. The molecule has 11 aromatic rings. The van der Waals surface area contributed by atoms with Crippen molar-refractivity contribution in [1.29, 1.82) is 0 Å². The molecule has 0 saturated carbocycles. The zero-order chi connectivity index (χ0) is 48.8. The summed E-state index contributed by atoms with van der Waals surface area (Å²) in [5.74, 6) is 7.88. The van der Waals surface area contributed by atoms with Gasteiger partial charge in [0.25, 0.3) is 0 Å². The van der Waals surface area contributed by atoms with Crippen LogP contribution in [0.4, 0.5) is 0 Å². The van der Waals surface area contributed by atoms with Crippen molar-refractivity contribution in [3.05, 3.63) is 218 Å². The van der Waals surface area contributed by atoms with Gasteiger partial charge in [0.15, 0.2) is 0 Å². The topological polar surface area (TPSA) is 43.9 Å². The van der Waals surface area contributed by atoms with Crippen molar-refractivity contribution in [3.63, 3.8) is 0 Å². The van der Waals surface area contributed by atoms with E-state index in [1.807, 2.05) is 66.9 Å². The van der Waals surface area contributed by atoms with Crippen LogP contribution in [0.15, 0.2) is 199 Å². The summed E-state index contributed by atoms with van der Waals surface area (Å²) in [4.78, 5) is 9.87. The molecule has 0 bridgehead atoms. The van der Waals surface area contributed by atoms with Gasteiger partial charge in [-0.3, -0.25) is 4.98 Å². The van der Waals surface area contributed by atoms with Crippen LogP contribution in [0.3, 0.4) is 0 Å². The van der Waals surface area contributed by atoms with Crippen LogP contribution in [-0.4, -0.2) is 27.8 Å². The third-order valence-electron chi connectivity index (χ3n) is 12.4. The van der Waals surface area contributed by atoms with Crippen LogP contribution in [-0.2, 0) is 25.5 Å². The molecule has 0 N–H and O–H groups in total. The molecule has 0 amide bonds. The van der Waals surface area contributed by atoms with Crippen molar-refractivity contribution >= 4 is 50.6 Å². The summed E-state index contributed by atoms with van der Waals surface area (Å²) in [6, 6.07) is 70.4. The zero-order valence-electron chi connectivity index (χ0n) is 42.1. The van der Waals surface area contributed by atoms with Crippen molar-refractivity contribution in [3.8, 4) is 61.7 Å². The number of imidazole rings is 1. The van der Waals surface area contributed by atoms with Gasteiger partial charge in [0.2, 0.25) is 0 Å². The smallest absolute Gasteiger partial charge is 0 e. The molecular weight excluding hydrogens is 1070 g/mol. The molecule has 68 heavy (non-hydrogen) atoms. The van der Waals surface area contributed by atoms with Gasteiger partial charge in [0.1, 0.15) is 5.58 Å². The fourth-order valence-electron chi connectivity index (χ4n) is 8.70. The fourth-order valence-corrected chi connectivity index (χ4v) is 10.9. The van der Waals surface area contributed by atoms with Crippen LogP contribution < -0.4 is 4.40 Å². The second kappa shape index (κ2) is 19.2. The standard InChI is InChI=1S/C48H37N2O.C14H16GeN.Ir/c1-31-22-24-32(25-23-31)35-26-27-37-38-18-13-19-39(46(38)51-44(37)28-35)47-49-42-20-11-12-21-43(42)50(47)45-40(33-14-7-5-8-15-33)29-36(48(2,3)4)30-41(45)34-16-9-6-10-17-34;1-15(2,3)13-9-10-14(16-11-13)12-7-5-4-6-8-12;/h5-18,20-30H,1-4H3;4-7,9-11H,1-3H3;/q2*-1;/i1D3;;. The fraction of sp³-hybridized carbons (Fsp3) is 0.129. The number of rotatable bonds is 7. The van der Waals surface area contributed by atoms with Crippen LogP contribution in [0.1, 0.15) is 36.0 Å². The van der Waals surface area contributed by atoms with Gasteiger partial charge in [-0.05, 0) is 70.4 Å². The van der Waals surface area contributed by atoms with E-state index in [4.69, 9.17) is 13.5 Å². The molecule has 3 heterocycles. The predicted octanol–water partition coefficient (Wildman–Crippen LogP) is 16.1. The summed E-state index contributed by atoms with van der Waals surface area (Å²) in [6.07, 6.45) is 2.04. The molecule has 11 rings (SSSR count). The first-order valence-corrected chi connectivity index (χ1v) is 30.2. The Balaban J connectivity index is 0.000000313. The van der Waals surface area contributed by atoms with Crippen LogP contribution in [0, 0.1) is 19.0 Å². The van der Waals surface area contributed by atoms with E-state index in [2.05, 4.69) is 175 Å². The average Bonchev–Trinajstić information content (AvgIpc) is 3.95. The van der Waals surface area contributed by atoms with E-state index in [0.29, 0.717) is 11.1 Å². The Bertz CT molecular complexity index is 3570. The van der Waals surface area contributed by atoms with Gasteiger partial charge in [-0.15, -0.1) is 18.2 Å². The second-order valence-electron chi connectivity index (χ2n) is 19.1. The molecule has 0 aliphatic heterocycles. The first-order valence-electron chi connectivity index (χ1n) is 24.3. The molecule has 0 aliphatic carbocycles. The number of furan rings is 1. The minimum Gasteiger partial charge on any atom is 0 e. The number of hydrogen-bond acceptors (Lipinski definition) is 3. The number of nitrogens with zero attached hydrogens (tertiary/aromatic N) is 3. The maximum atomic E-state index is 7.77. The van der Waals surface area contributed by atoms with Gasteiger partial charge in [-0.2, -0.15) is 0 Å². The van der Waals surface area contributed by atoms with Crippen molar-refractivity contribution in [1.82, 2.24) is 14.5 Å². The van der Waals surface area contributed by atoms with Crippen LogP contribution >= 0.6 is 0 Å². The largest absolute Gasteiger partial charge is 0 e. The molecule has 0 aliphatic rings. The van der Waals surface area contributed by atoms with Gasteiger partial charge < -0.3 is 8.98 Å². The van der Waals surface area contributed by atoms with E-state index >= 15 is 0 Å². The summed E-state index contributed by atoms with van der Waals surface area (Å²) in [7, 11) is 0. The van der Waals surface area contributed by atoms with Crippen molar-refractivity contribution < 1.29 is 28.6 Å². The molecule has 8 aromatic carbocycles. The van der Waals surface area contributed by atoms with Crippen LogP contribution in [0.5, 0.6) is 0 Å². The number of benzene rings is 8. The Hall–Kier alpha value is -6.63. The van der Waals surface area contributed by atoms with E-state index in [9.17, 15) is 0 Å².